The highest BCUT2D eigenvalue weighted by Gasteiger charge is 2.09. The molecule has 2 rings (SSSR count). The minimum atomic E-state index is -0.796. The number of H-pyrrole nitrogens is 1. The summed E-state index contributed by atoms with van der Waals surface area (Å²) in [4.78, 5) is 13.8. The van der Waals surface area contributed by atoms with Crippen LogP contribution in [0, 0.1) is 0 Å². The van der Waals surface area contributed by atoms with Crippen molar-refractivity contribution < 1.29 is 9.90 Å². The van der Waals surface area contributed by atoms with E-state index in [2.05, 4.69) is 31.0 Å². The van der Waals surface area contributed by atoms with E-state index in [0.717, 1.165) is 16.5 Å². The Hall–Kier alpha value is -1.77. The summed E-state index contributed by atoms with van der Waals surface area (Å²) >= 11 is 0. The first-order valence-corrected chi connectivity index (χ1v) is 5.39. The summed E-state index contributed by atoms with van der Waals surface area (Å²) in [6, 6.07) is 6.17. The largest absolute Gasteiger partial charge is 0.481 e. The minimum Gasteiger partial charge on any atom is -0.481 e. The van der Waals surface area contributed by atoms with Gasteiger partial charge in [0.2, 0.25) is 0 Å². The third-order valence-electron chi connectivity index (χ3n) is 2.80. The van der Waals surface area contributed by atoms with Gasteiger partial charge in [0.15, 0.2) is 0 Å². The molecule has 0 amide bonds. The van der Waals surface area contributed by atoms with Crippen molar-refractivity contribution in [1.29, 1.82) is 0 Å². The van der Waals surface area contributed by atoms with Crippen molar-refractivity contribution in [2.24, 2.45) is 0 Å². The molecule has 3 nitrogen and oxygen atoms in total. The predicted molar refractivity (Wildman–Crippen MR) is 63.7 cm³/mol. The molecule has 1 heterocycles. The number of aromatic nitrogens is 1. The van der Waals surface area contributed by atoms with Crippen molar-refractivity contribution in [3.05, 3.63) is 35.5 Å². The fourth-order valence-electron chi connectivity index (χ4n) is 1.86. The van der Waals surface area contributed by atoms with E-state index >= 15 is 0 Å². The van der Waals surface area contributed by atoms with Crippen LogP contribution in [0.3, 0.4) is 0 Å². The van der Waals surface area contributed by atoms with Crippen LogP contribution >= 0.6 is 0 Å². The van der Waals surface area contributed by atoms with Gasteiger partial charge in [-0.15, -0.1) is 0 Å². The molecule has 84 valence electrons. The molecule has 0 aliphatic carbocycles. The Balaban J connectivity index is 2.51. The first-order chi connectivity index (χ1) is 7.58. The molecule has 16 heavy (non-hydrogen) atoms. The lowest BCUT2D eigenvalue weighted by molar-refractivity contribution is -0.136. The molecule has 0 bridgehead atoms. The lowest BCUT2D eigenvalue weighted by atomic mass is 10.00. The maximum Gasteiger partial charge on any atom is 0.307 e. The Bertz CT molecular complexity index is 526. The Morgan fingerprint density at radius 3 is 2.81 bits per heavy atom. The molecule has 2 N–H and O–H groups in total. The Morgan fingerprint density at radius 1 is 1.44 bits per heavy atom. The number of rotatable bonds is 3. The van der Waals surface area contributed by atoms with E-state index in [1.165, 1.54) is 5.56 Å². The molecule has 0 radical (unpaired) electrons. The number of hydrogen-bond donors (Lipinski definition) is 2. The second kappa shape index (κ2) is 4.00. The molecule has 0 spiro atoms. The van der Waals surface area contributed by atoms with Crippen LogP contribution in [0.2, 0.25) is 0 Å². The molecular weight excluding hydrogens is 202 g/mol. The van der Waals surface area contributed by atoms with Gasteiger partial charge in [-0.25, -0.2) is 0 Å². The maximum atomic E-state index is 10.7. The van der Waals surface area contributed by atoms with E-state index in [4.69, 9.17) is 5.11 Å². The monoisotopic (exact) mass is 217 g/mol. The van der Waals surface area contributed by atoms with Crippen LogP contribution in [-0.2, 0) is 11.2 Å². The van der Waals surface area contributed by atoms with Crippen molar-refractivity contribution in [3.63, 3.8) is 0 Å². The Kier molecular flexibility index (Phi) is 2.69. The number of aliphatic carboxylic acids is 1. The van der Waals surface area contributed by atoms with Crippen molar-refractivity contribution in [1.82, 2.24) is 4.98 Å². The first-order valence-electron chi connectivity index (χ1n) is 5.39. The van der Waals surface area contributed by atoms with E-state index in [1.807, 2.05) is 6.07 Å². The average Bonchev–Trinajstić information content (AvgIpc) is 2.60. The minimum absolute atomic E-state index is 0.0710. The number of hydrogen-bond acceptors (Lipinski definition) is 1. The highest BCUT2D eigenvalue weighted by Crippen LogP contribution is 2.24. The molecule has 0 atom stereocenters. The number of benzene rings is 1. The molecule has 0 unspecified atom stereocenters. The van der Waals surface area contributed by atoms with E-state index in [1.54, 1.807) is 6.20 Å². The van der Waals surface area contributed by atoms with Gasteiger partial charge >= 0.3 is 5.97 Å². The SMILES string of the molecule is CC(C)c1ccc2[nH]cc(CC(=O)O)c2c1. The molecule has 2 aromatic rings. The van der Waals surface area contributed by atoms with E-state index in [9.17, 15) is 4.79 Å². The fraction of sp³-hybridized carbons (Fsp3) is 0.308. The molecule has 0 aliphatic heterocycles. The van der Waals surface area contributed by atoms with Crippen LogP contribution in [0.25, 0.3) is 10.9 Å². The normalized spacial score (nSPS) is 11.2. The van der Waals surface area contributed by atoms with Crippen LogP contribution in [0.1, 0.15) is 30.9 Å². The average molecular weight is 217 g/mol. The van der Waals surface area contributed by atoms with Gasteiger partial charge in [-0.2, -0.15) is 0 Å². The van der Waals surface area contributed by atoms with Crippen molar-refractivity contribution in [2.75, 3.05) is 0 Å². The van der Waals surface area contributed by atoms with Crippen molar-refractivity contribution in [2.45, 2.75) is 26.2 Å². The number of fused-ring (bicyclic) bond motifs is 1. The summed E-state index contributed by atoms with van der Waals surface area (Å²) in [6.07, 6.45) is 1.85. The zero-order valence-corrected chi connectivity index (χ0v) is 9.45. The van der Waals surface area contributed by atoms with Gasteiger partial charge in [0.05, 0.1) is 6.42 Å². The maximum absolute atomic E-state index is 10.7. The Morgan fingerprint density at radius 2 is 2.19 bits per heavy atom. The zero-order valence-electron chi connectivity index (χ0n) is 9.45. The van der Waals surface area contributed by atoms with Gasteiger partial charge in [-0.1, -0.05) is 19.9 Å². The summed E-state index contributed by atoms with van der Waals surface area (Å²) < 4.78 is 0. The van der Waals surface area contributed by atoms with Gasteiger partial charge < -0.3 is 10.1 Å². The zero-order chi connectivity index (χ0) is 11.7. The van der Waals surface area contributed by atoms with Crippen LogP contribution in [0.4, 0.5) is 0 Å². The van der Waals surface area contributed by atoms with E-state index < -0.39 is 5.97 Å². The second-order valence-corrected chi connectivity index (χ2v) is 4.34. The van der Waals surface area contributed by atoms with Crippen molar-refractivity contribution in [3.8, 4) is 0 Å². The van der Waals surface area contributed by atoms with Gasteiger partial charge in [-0.3, -0.25) is 4.79 Å². The standard InChI is InChI=1S/C13H15NO2/c1-8(2)9-3-4-12-11(5-9)10(7-14-12)6-13(15)16/h3-5,7-8,14H,6H2,1-2H3,(H,15,16). The highest BCUT2D eigenvalue weighted by molar-refractivity contribution is 5.87. The lowest BCUT2D eigenvalue weighted by Gasteiger charge is -2.05. The molecular formula is C13H15NO2. The molecule has 0 saturated heterocycles. The molecule has 0 fully saturated rings. The third-order valence-corrected chi connectivity index (χ3v) is 2.80. The number of carbonyl (C=O) groups is 1. The molecule has 1 aromatic carbocycles. The summed E-state index contributed by atoms with van der Waals surface area (Å²) in [5, 5.41) is 9.83. The summed E-state index contributed by atoms with van der Waals surface area (Å²) in [7, 11) is 0. The van der Waals surface area contributed by atoms with Gasteiger partial charge in [-0.05, 0) is 29.2 Å². The fourth-order valence-corrected chi connectivity index (χ4v) is 1.86. The topological polar surface area (TPSA) is 53.1 Å². The molecule has 1 aromatic heterocycles. The van der Waals surface area contributed by atoms with Crippen LogP contribution in [0.15, 0.2) is 24.4 Å². The van der Waals surface area contributed by atoms with Gasteiger partial charge in [0, 0.05) is 17.1 Å². The summed E-state index contributed by atoms with van der Waals surface area (Å²) in [5.41, 5.74) is 3.09. The first kappa shape index (κ1) is 10.7. The summed E-state index contributed by atoms with van der Waals surface area (Å²) in [6.45, 7) is 4.26. The predicted octanol–water partition coefficient (Wildman–Crippen LogP) is 2.92. The van der Waals surface area contributed by atoms with E-state index in [-0.39, 0.29) is 6.42 Å². The molecule has 0 aliphatic rings. The summed E-state index contributed by atoms with van der Waals surface area (Å²) in [5.74, 6) is -0.340. The quantitative estimate of drug-likeness (QED) is 0.830. The molecule has 3 heteroatoms. The number of carboxylic acid groups (broad SMARTS) is 1. The van der Waals surface area contributed by atoms with Crippen molar-refractivity contribution >= 4 is 16.9 Å². The molecule has 0 saturated carbocycles. The smallest absolute Gasteiger partial charge is 0.307 e. The Labute approximate surface area is 94.1 Å². The van der Waals surface area contributed by atoms with Gasteiger partial charge in [0.1, 0.15) is 0 Å². The van der Waals surface area contributed by atoms with E-state index in [0.29, 0.717) is 5.92 Å². The number of carboxylic acids is 1. The van der Waals surface area contributed by atoms with Crippen LogP contribution < -0.4 is 0 Å². The third kappa shape index (κ3) is 1.94. The highest BCUT2D eigenvalue weighted by atomic mass is 16.4. The van der Waals surface area contributed by atoms with Gasteiger partial charge in [0.25, 0.3) is 0 Å². The van der Waals surface area contributed by atoms with Crippen LogP contribution in [-0.4, -0.2) is 16.1 Å². The van der Waals surface area contributed by atoms with Crippen LogP contribution in [0.5, 0.6) is 0 Å². The lowest BCUT2D eigenvalue weighted by Crippen LogP contribution is -1.99. The number of aromatic amines is 1. The second-order valence-electron chi connectivity index (χ2n) is 4.34. The number of nitrogens with one attached hydrogen (secondary N) is 1.